The predicted octanol–water partition coefficient (Wildman–Crippen LogP) is 3.89. The van der Waals surface area contributed by atoms with Gasteiger partial charge in [-0.15, -0.1) is 0 Å². The van der Waals surface area contributed by atoms with Crippen LogP contribution in [0.2, 0.25) is 0 Å². The summed E-state index contributed by atoms with van der Waals surface area (Å²) in [6.45, 7) is -2.35. The van der Waals surface area contributed by atoms with Crippen molar-refractivity contribution >= 4 is 92.7 Å². The number of phosphoric ester groups is 3. The van der Waals surface area contributed by atoms with E-state index < -0.39 is 215 Å². The summed E-state index contributed by atoms with van der Waals surface area (Å²) in [5.74, 6) is 14.7. The van der Waals surface area contributed by atoms with Crippen LogP contribution in [0.4, 0.5) is 17.6 Å². The minimum Gasteiger partial charge on any atom is -0.480 e. The molecule has 4 aliphatic heterocycles. The number of hydrogen-bond donors (Lipinski definition) is 18. The zero-order chi connectivity index (χ0) is 108. The Labute approximate surface area is 863 Å². The number of carboxylic acid groups (broad SMARTS) is 1. The SMILES string of the molecule is CCCCNC(=O)CCC(CC(CC(CCCCCCCCCCCCCCCCCOC[C@H]1O[C@@H](n2cc(C#CCO)c3c(=O)[nH]c(N)nc32)C[C@H]1OP(=O)(O)OC[C@H]1O[C@@H](n2cc(C#CCO)c3c(N)ncnc32)C[C@H]1OP(=O)(O)OC[C@H]1O[C@@H](n2cc(C#CCO)c(N)nc2=O)C[C@H]1OP(=O)(O)OC[C@H]1O[C@@H](n2cc(C#CCO)c(=O)[nH]c2=O)C[C@H]1O)C(=O)NCC(=O)O)C(=O)NCCN(C)C)C(=O)NCc1ccccc1. The number of H-pyrrole nitrogens is 2. The van der Waals surface area contributed by atoms with E-state index in [1.807, 2.05) is 56.3 Å². The van der Waals surface area contributed by atoms with Gasteiger partial charge in [0.05, 0.1) is 60.0 Å². The van der Waals surface area contributed by atoms with Crippen molar-refractivity contribution in [3.8, 4) is 47.4 Å². The van der Waals surface area contributed by atoms with Crippen LogP contribution in [-0.2, 0) is 95.0 Å². The highest BCUT2D eigenvalue weighted by Gasteiger charge is 2.50. The lowest BCUT2D eigenvalue weighted by molar-refractivity contribution is -0.139. The number of carboxylic acids is 1. The van der Waals surface area contributed by atoms with Gasteiger partial charge in [0.25, 0.3) is 11.1 Å². The molecule has 21 N–H and O–H groups in total. The number of likely N-dealkylation sites (N-methyl/N-ethyl adjacent to an activating group) is 1. The van der Waals surface area contributed by atoms with Crippen LogP contribution in [0.25, 0.3) is 22.1 Å². The number of nitrogens with two attached hydrogens (primary N) is 3. The number of fused-ring (bicyclic) bond motifs is 2. The molecule has 820 valence electrons. The predicted molar refractivity (Wildman–Crippen MR) is 541 cm³/mol. The highest BCUT2D eigenvalue weighted by atomic mass is 31.2. The van der Waals surface area contributed by atoms with Gasteiger partial charge in [0, 0.05) is 107 Å². The van der Waals surface area contributed by atoms with E-state index in [-0.39, 0.29) is 138 Å². The number of aliphatic carboxylic acids is 1. The quantitative estimate of drug-likeness (QED) is 0.0146. The maximum atomic E-state index is 14.7. The number of ether oxygens (including phenoxy) is 5. The van der Waals surface area contributed by atoms with Crippen molar-refractivity contribution in [1.29, 1.82) is 0 Å². The molecule has 0 aliphatic carbocycles. The average Bonchev–Trinajstić information content (AvgIpc) is 1.60. The molecule has 10 heterocycles. The first-order valence-electron chi connectivity index (χ1n) is 50.0. The van der Waals surface area contributed by atoms with Crippen LogP contribution in [0.1, 0.15) is 227 Å². The number of nitrogens with zero attached hydrogens (tertiary/aromatic N) is 9. The molecule has 6 unspecified atom stereocenters. The molecule has 0 bridgehead atoms. The maximum Gasteiger partial charge on any atom is 0.472 e. The highest BCUT2D eigenvalue weighted by molar-refractivity contribution is 7.48. The molecule has 0 saturated carbocycles. The molecule has 4 saturated heterocycles. The third-order valence-corrected chi connectivity index (χ3v) is 28.6. The lowest BCUT2D eigenvalue weighted by atomic mass is 9.82. The summed E-state index contributed by atoms with van der Waals surface area (Å²) in [7, 11) is -12.7. The molecular weight excluding hydrogens is 2020 g/mol. The Morgan fingerprint density at radius 1 is 0.513 bits per heavy atom. The van der Waals surface area contributed by atoms with E-state index >= 15 is 0 Å². The Kier molecular flexibility index (Phi) is 46.8. The van der Waals surface area contributed by atoms with E-state index in [9.17, 15) is 102 Å². The van der Waals surface area contributed by atoms with Gasteiger partial charge in [-0.3, -0.25) is 79.8 Å². The van der Waals surface area contributed by atoms with Crippen molar-refractivity contribution < 1.29 is 134 Å². The van der Waals surface area contributed by atoms with E-state index in [4.69, 9.17) is 68.0 Å². The molecule has 4 amide bonds. The Hall–Kier alpha value is -11.3. The smallest absolute Gasteiger partial charge is 0.472 e. The fraction of sp³-hybridized carbons (Fsp3) is 0.598. The number of carbonyl (C=O) groups excluding carboxylic acids is 4. The van der Waals surface area contributed by atoms with Crippen molar-refractivity contribution in [3.05, 3.63) is 131 Å². The van der Waals surface area contributed by atoms with E-state index in [2.05, 4.69) is 98.5 Å². The van der Waals surface area contributed by atoms with Crippen molar-refractivity contribution in [3.63, 3.8) is 0 Å². The van der Waals surface area contributed by atoms with Gasteiger partial charge in [-0.2, -0.15) is 9.97 Å². The number of benzene rings is 1. The number of aromatic nitrogens is 10. The normalized spacial score (nSPS) is 21.3. The molecule has 50 nitrogen and oxygen atoms in total. The Morgan fingerprint density at radius 3 is 1.54 bits per heavy atom. The molecule has 4 fully saturated rings. The summed E-state index contributed by atoms with van der Waals surface area (Å²) >= 11 is 0. The van der Waals surface area contributed by atoms with Crippen LogP contribution in [0.5, 0.6) is 0 Å². The molecule has 150 heavy (non-hydrogen) atoms. The molecule has 6 aromatic heterocycles. The molecule has 11 rings (SSSR count). The minimum absolute atomic E-state index is 0.00278. The molecular formula is C97H135N18O32P3. The molecule has 0 spiro atoms. The van der Waals surface area contributed by atoms with Gasteiger partial charge in [-0.25, -0.2) is 33.3 Å². The van der Waals surface area contributed by atoms with E-state index in [1.165, 1.54) is 21.5 Å². The minimum atomic E-state index is -5.59. The van der Waals surface area contributed by atoms with E-state index in [0.717, 1.165) is 130 Å². The topological polar surface area (TPSA) is 721 Å². The number of nitrogen functional groups attached to an aromatic ring is 3. The summed E-state index contributed by atoms with van der Waals surface area (Å²) in [6, 6.07) is 9.37. The molecule has 18 atom stereocenters. The fourth-order valence-electron chi connectivity index (χ4n) is 17.9. The number of carbonyl (C=O) groups is 5. The van der Waals surface area contributed by atoms with Crippen LogP contribution >= 0.6 is 23.5 Å². The van der Waals surface area contributed by atoms with Gasteiger partial charge in [0.15, 0.2) is 5.65 Å². The summed E-state index contributed by atoms with van der Waals surface area (Å²) in [6.07, 6.45) is 3.47. The standard InChI is InChI=1S/C97H135N18O32P3/c1-4-5-37-101-78(121)36-35-64(91(125)103-51-62-28-20-19-21-29-62)46-69(92(126)102-38-39-111(2)3)45-63(90(124)104-52-83(122)123)30-22-17-15-13-11-9-7-6-8-10-12-14-16-18-23-44-137-57-75-71(48-81(142-75)113-54-66(32-25-41-117)85-89(113)108-95(100)109-94(85)128)145-149(133,134)139-59-76-72(49-80(143-76)112-53-65(31-24-40-116)84-87(99)105-61-106-88(84)112)146-150(135,136)140-60-77-73(50-82(144-77)114-55-67(33-26-42-118)86(98)107-96(114)129)147-148(131,132)138-58-74-70(120)47-79(141-74)115-56-68(34-27-43-119)93(127)110-97(115)130/h19-21,28-29,53-56,61,63-64,69-77,79-82,116-120H,4-18,22-23,30,35-52,57-60H2,1-3H3,(H,101,121)(H,102,126)(H,103,125)(H,104,124)(H,122,123)(H,131,132)(H,133,134)(H,135,136)(H2,98,107,129)(H2,99,105,106)(H,110,127,130)(H3,100,108,109,128)/t63?,64?,69?,70-,71-,72-,73-,74-,75-,76-,77-,79-,80-,81-,82-/m1/s1. The largest absolute Gasteiger partial charge is 0.480 e. The van der Waals surface area contributed by atoms with Gasteiger partial charge >= 0.3 is 40.8 Å². The van der Waals surface area contributed by atoms with E-state index in [0.29, 0.717) is 38.9 Å². The number of amides is 4. The number of anilines is 3. The van der Waals surface area contributed by atoms with Gasteiger partial charge in [0.2, 0.25) is 29.6 Å². The van der Waals surface area contributed by atoms with Crippen LogP contribution in [0, 0.1) is 65.1 Å². The summed E-state index contributed by atoms with van der Waals surface area (Å²) < 4.78 is 113. The second-order valence-corrected chi connectivity index (χ2v) is 41.1. The fourth-order valence-corrected chi connectivity index (χ4v) is 20.8. The number of phosphoric acid groups is 3. The summed E-state index contributed by atoms with van der Waals surface area (Å²) in [5, 5.41) is 70.3. The number of aromatic amines is 2. The molecule has 0 radical (unpaired) electrons. The van der Waals surface area contributed by atoms with E-state index in [1.54, 1.807) is 0 Å². The van der Waals surface area contributed by atoms with Crippen LogP contribution in [0.3, 0.4) is 0 Å². The third kappa shape index (κ3) is 36.2. The molecule has 7 aromatic rings. The molecule has 1 aromatic carbocycles. The van der Waals surface area contributed by atoms with Crippen molar-refractivity contribution in [2.75, 3.05) is 117 Å². The van der Waals surface area contributed by atoms with Crippen molar-refractivity contribution in [2.24, 2.45) is 17.8 Å². The highest BCUT2D eigenvalue weighted by Crippen LogP contribution is 2.55. The summed E-state index contributed by atoms with van der Waals surface area (Å²) in [4.78, 5) is 177. The number of aliphatic hydroxyl groups excluding tert-OH is 5. The Balaban J connectivity index is 0.689. The zero-order valence-corrected chi connectivity index (χ0v) is 86.4. The van der Waals surface area contributed by atoms with Gasteiger partial charge in [-0.05, 0) is 58.2 Å². The first kappa shape index (κ1) is 119. The second kappa shape index (κ2) is 59.1. The molecule has 53 heteroatoms. The second-order valence-electron chi connectivity index (χ2n) is 36.9. The Bertz CT molecular complexity index is 6380. The van der Waals surface area contributed by atoms with Crippen LogP contribution in [-0.4, -0.2) is 277 Å². The first-order valence-corrected chi connectivity index (χ1v) is 54.5. The lowest BCUT2D eigenvalue weighted by Gasteiger charge is -2.26. The number of rotatable bonds is 59. The van der Waals surface area contributed by atoms with Crippen molar-refractivity contribution in [2.45, 2.75) is 254 Å². The first-order chi connectivity index (χ1) is 72.0. The monoisotopic (exact) mass is 2160 g/mol. The number of aliphatic hydroxyl groups is 5. The van der Waals surface area contributed by atoms with Crippen LogP contribution in [0.15, 0.2) is 80.6 Å². The number of nitrogens with one attached hydrogen (secondary N) is 6. The maximum absolute atomic E-state index is 14.7. The summed E-state index contributed by atoms with van der Waals surface area (Å²) in [5.41, 5.74) is 15.7. The Morgan fingerprint density at radius 2 is 0.987 bits per heavy atom. The van der Waals surface area contributed by atoms with Gasteiger partial charge in [-0.1, -0.05) is 181 Å². The number of hydrogen-bond acceptors (Lipinski definition) is 36. The van der Waals surface area contributed by atoms with Crippen LogP contribution < -0.4 is 61.0 Å². The lowest BCUT2D eigenvalue weighted by Crippen LogP contribution is -2.41. The van der Waals surface area contributed by atoms with Gasteiger partial charge in [0.1, 0.15) is 130 Å². The average molecular weight is 2160 g/mol. The third-order valence-electron chi connectivity index (χ3n) is 25.5. The van der Waals surface area contributed by atoms with Crippen molar-refractivity contribution in [1.82, 2.24) is 74.3 Å². The van der Waals surface area contributed by atoms with Gasteiger partial charge < -0.3 is 122 Å². The zero-order valence-electron chi connectivity index (χ0n) is 83.7. The number of unbranched alkanes of at least 4 members (excludes halogenated alkanes) is 15. The molecule has 4 aliphatic rings.